The smallest absolute Gasteiger partial charge is 0.342 e. The number of rotatable bonds is 5. The molecule has 7 nitrogen and oxygen atoms in total. The largest absolute Gasteiger partial charge is 0.507 e. The minimum absolute atomic E-state index is 0.0153. The average Bonchev–Trinajstić information content (AvgIpc) is 3.23. The van der Waals surface area contributed by atoms with Gasteiger partial charge in [0.05, 0.1) is 11.5 Å². The van der Waals surface area contributed by atoms with Crippen LogP contribution < -0.4 is 0 Å². The molecule has 1 heterocycles. The molecule has 1 N–H and O–H groups in total. The number of carbonyl (C=O) groups is 2. The number of nitrogens with zero attached hydrogens (tertiary/aromatic N) is 1. The molecule has 2 fully saturated rings. The van der Waals surface area contributed by atoms with Crippen LogP contribution in [0.4, 0.5) is 0 Å². The first kappa shape index (κ1) is 19.9. The first-order chi connectivity index (χ1) is 12.8. The van der Waals surface area contributed by atoms with Crippen LogP contribution in [0.5, 0.6) is 5.75 Å². The van der Waals surface area contributed by atoms with Crippen molar-refractivity contribution in [2.75, 3.05) is 18.1 Å². The van der Waals surface area contributed by atoms with Gasteiger partial charge in [0.2, 0.25) is 0 Å². The lowest BCUT2D eigenvalue weighted by atomic mass is 10.1. The Morgan fingerprint density at radius 3 is 2.48 bits per heavy atom. The average molecular weight is 416 g/mol. The van der Waals surface area contributed by atoms with Crippen molar-refractivity contribution in [3.05, 3.63) is 28.8 Å². The number of aromatic hydroxyl groups is 1. The third-order valence-electron chi connectivity index (χ3n) is 5.11. The zero-order chi connectivity index (χ0) is 19.6. The molecule has 1 saturated carbocycles. The first-order valence-corrected chi connectivity index (χ1v) is 11.1. The van der Waals surface area contributed by atoms with E-state index in [9.17, 15) is 23.1 Å². The lowest BCUT2D eigenvalue weighted by molar-refractivity contribution is -0.139. The third-order valence-corrected chi connectivity index (χ3v) is 7.10. The number of sulfone groups is 1. The second-order valence-electron chi connectivity index (χ2n) is 7.03. The van der Waals surface area contributed by atoms with Crippen LogP contribution in [0.2, 0.25) is 5.02 Å². The van der Waals surface area contributed by atoms with Gasteiger partial charge in [0.1, 0.15) is 11.3 Å². The third kappa shape index (κ3) is 4.73. The summed E-state index contributed by atoms with van der Waals surface area (Å²) in [7, 11) is -3.13. The summed E-state index contributed by atoms with van der Waals surface area (Å²) in [5, 5.41) is 10.1. The van der Waals surface area contributed by atoms with Crippen molar-refractivity contribution in [3.63, 3.8) is 0 Å². The van der Waals surface area contributed by atoms with Gasteiger partial charge in [0.25, 0.3) is 5.91 Å². The topological polar surface area (TPSA) is 101 Å². The number of hydrogen-bond acceptors (Lipinski definition) is 6. The molecule has 148 valence electrons. The van der Waals surface area contributed by atoms with Crippen LogP contribution in [0.25, 0.3) is 0 Å². The van der Waals surface area contributed by atoms with Crippen molar-refractivity contribution in [2.45, 2.75) is 44.2 Å². The number of phenols is 1. The van der Waals surface area contributed by atoms with E-state index in [-0.39, 0.29) is 39.9 Å². The van der Waals surface area contributed by atoms with Gasteiger partial charge < -0.3 is 14.7 Å². The van der Waals surface area contributed by atoms with Gasteiger partial charge in [-0.2, -0.15) is 0 Å². The number of hydrogen-bond donors (Lipinski definition) is 1. The van der Waals surface area contributed by atoms with E-state index in [1.54, 1.807) is 4.90 Å². The summed E-state index contributed by atoms with van der Waals surface area (Å²) in [6.45, 7) is -0.492. The minimum atomic E-state index is -3.13. The SMILES string of the molecule is O=C(OCC(=O)N(C1CCCC1)[C@H]1CCS(=O)(=O)C1)c1ccc(Cl)cc1O. The molecule has 3 rings (SSSR count). The Balaban J connectivity index is 1.68. The van der Waals surface area contributed by atoms with Gasteiger partial charge in [-0.15, -0.1) is 0 Å². The van der Waals surface area contributed by atoms with Crippen molar-refractivity contribution in [2.24, 2.45) is 0 Å². The molecule has 9 heteroatoms. The summed E-state index contributed by atoms with van der Waals surface area (Å²) in [5.41, 5.74) is -0.0805. The van der Waals surface area contributed by atoms with E-state index in [1.165, 1.54) is 18.2 Å². The number of halogens is 1. The number of carbonyl (C=O) groups excluding carboxylic acids is 2. The minimum Gasteiger partial charge on any atom is -0.507 e. The van der Waals surface area contributed by atoms with Gasteiger partial charge >= 0.3 is 5.97 Å². The summed E-state index contributed by atoms with van der Waals surface area (Å²) in [6, 6.07) is 3.59. The van der Waals surface area contributed by atoms with Crippen molar-refractivity contribution < 1.29 is 27.9 Å². The number of esters is 1. The number of phenolic OH excluding ortho intramolecular Hbond substituents is 1. The van der Waals surface area contributed by atoms with Gasteiger partial charge in [-0.05, 0) is 37.5 Å². The van der Waals surface area contributed by atoms with Crippen molar-refractivity contribution in [1.82, 2.24) is 4.90 Å². The Labute approximate surface area is 163 Å². The van der Waals surface area contributed by atoms with E-state index >= 15 is 0 Å². The maximum Gasteiger partial charge on any atom is 0.342 e. The monoisotopic (exact) mass is 415 g/mol. The highest BCUT2D eigenvalue weighted by Crippen LogP contribution is 2.29. The van der Waals surface area contributed by atoms with Crippen LogP contribution >= 0.6 is 11.6 Å². The molecule has 1 aromatic carbocycles. The Kier molecular flexibility index (Phi) is 5.95. The fraction of sp³-hybridized carbons (Fsp3) is 0.556. The molecule has 0 bridgehead atoms. The summed E-state index contributed by atoms with van der Waals surface area (Å²) in [5.74, 6) is -1.52. The van der Waals surface area contributed by atoms with Gasteiger partial charge in [-0.3, -0.25) is 4.79 Å². The normalized spacial score (nSPS) is 21.9. The maximum atomic E-state index is 12.8. The van der Waals surface area contributed by atoms with E-state index < -0.39 is 28.3 Å². The molecule has 1 aliphatic carbocycles. The van der Waals surface area contributed by atoms with Crippen LogP contribution in [0.3, 0.4) is 0 Å². The van der Waals surface area contributed by atoms with Crippen LogP contribution in [-0.4, -0.2) is 60.5 Å². The molecular weight excluding hydrogens is 394 g/mol. The van der Waals surface area contributed by atoms with E-state index in [0.717, 1.165) is 25.7 Å². The second-order valence-corrected chi connectivity index (χ2v) is 9.70. The standard InChI is InChI=1S/C18H22ClNO6S/c19-12-5-6-15(16(21)9-12)18(23)26-10-17(22)20(13-3-1-2-4-13)14-7-8-27(24,25)11-14/h5-6,9,13-14,21H,1-4,7-8,10-11H2/t14-/m0/s1. The quantitative estimate of drug-likeness (QED) is 0.739. The molecule has 0 unspecified atom stereocenters. The summed E-state index contributed by atoms with van der Waals surface area (Å²) in [4.78, 5) is 26.5. The van der Waals surface area contributed by atoms with E-state index in [4.69, 9.17) is 16.3 Å². The molecule has 1 aliphatic heterocycles. The van der Waals surface area contributed by atoms with E-state index in [1.807, 2.05) is 0 Å². The zero-order valence-corrected chi connectivity index (χ0v) is 16.3. The van der Waals surface area contributed by atoms with Gasteiger partial charge in [0, 0.05) is 17.1 Å². The molecular formula is C18H22ClNO6S. The molecule has 1 aromatic rings. The fourth-order valence-corrected chi connectivity index (χ4v) is 5.72. The zero-order valence-electron chi connectivity index (χ0n) is 14.8. The van der Waals surface area contributed by atoms with Gasteiger partial charge in [-0.1, -0.05) is 24.4 Å². The van der Waals surface area contributed by atoms with Crippen LogP contribution in [0, 0.1) is 0 Å². The summed E-state index contributed by atoms with van der Waals surface area (Å²) < 4.78 is 28.8. The molecule has 0 spiro atoms. The predicted octanol–water partition coefficient (Wildman–Crippen LogP) is 2.16. The Hall–Kier alpha value is -1.80. The molecule has 0 radical (unpaired) electrons. The lowest BCUT2D eigenvalue weighted by Gasteiger charge is -2.33. The van der Waals surface area contributed by atoms with Crippen LogP contribution in [0.1, 0.15) is 42.5 Å². The van der Waals surface area contributed by atoms with Crippen LogP contribution in [0.15, 0.2) is 18.2 Å². The van der Waals surface area contributed by atoms with Crippen molar-refractivity contribution in [1.29, 1.82) is 0 Å². The Morgan fingerprint density at radius 1 is 1.19 bits per heavy atom. The second kappa shape index (κ2) is 8.06. The van der Waals surface area contributed by atoms with Gasteiger partial charge in [-0.25, -0.2) is 13.2 Å². The number of ether oxygens (including phenoxy) is 1. The highest BCUT2D eigenvalue weighted by Gasteiger charge is 2.39. The molecule has 1 saturated heterocycles. The van der Waals surface area contributed by atoms with Crippen molar-refractivity contribution >= 4 is 33.3 Å². The molecule has 2 aliphatic rings. The Bertz CT molecular complexity index is 834. The van der Waals surface area contributed by atoms with Gasteiger partial charge in [0.15, 0.2) is 16.4 Å². The number of amides is 1. The number of benzene rings is 1. The maximum absolute atomic E-state index is 12.8. The van der Waals surface area contributed by atoms with E-state index in [2.05, 4.69) is 0 Å². The molecule has 1 amide bonds. The van der Waals surface area contributed by atoms with Crippen molar-refractivity contribution in [3.8, 4) is 5.75 Å². The summed E-state index contributed by atoms with van der Waals surface area (Å²) in [6.07, 6.45) is 4.05. The highest BCUT2D eigenvalue weighted by molar-refractivity contribution is 7.91. The predicted molar refractivity (Wildman–Crippen MR) is 99.6 cm³/mol. The summed E-state index contributed by atoms with van der Waals surface area (Å²) >= 11 is 5.74. The molecule has 0 aromatic heterocycles. The molecule has 1 atom stereocenters. The lowest BCUT2D eigenvalue weighted by Crippen LogP contribution is -2.48. The molecule has 27 heavy (non-hydrogen) atoms. The highest BCUT2D eigenvalue weighted by atomic mass is 35.5. The van der Waals surface area contributed by atoms with E-state index in [0.29, 0.717) is 6.42 Å². The first-order valence-electron chi connectivity index (χ1n) is 8.94. The fourth-order valence-electron chi connectivity index (χ4n) is 3.84. The Morgan fingerprint density at radius 2 is 1.89 bits per heavy atom. The van der Waals surface area contributed by atoms with Crippen LogP contribution in [-0.2, 0) is 19.4 Å².